The first-order chi connectivity index (χ1) is 11.8. The smallest absolute Gasteiger partial charge is 0.411 e. The molecule has 0 aromatic heterocycles. The van der Waals surface area contributed by atoms with Gasteiger partial charge >= 0.3 is 12.1 Å². The zero-order valence-corrected chi connectivity index (χ0v) is 14.2. The van der Waals surface area contributed by atoms with E-state index in [1.54, 1.807) is 19.1 Å². The van der Waals surface area contributed by atoms with E-state index < -0.39 is 29.2 Å². The van der Waals surface area contributed by atoms with Crippen molar-refractivity contribution in [2.75, 3.05) is 11.9 Å². The van der Waals surface area contributed by atoms with Crippen LogP contribution in [-0.2, 0) is 27.2 Å². The summed E-state index contributed by atoms with van der Waals surface area (Å²) in [5.41, 5.74) is 1.59. The van der Waals surface area contributed by atoms with Crippen LogP contribution < -0.4 is 5.32 Å². The number of amides is 1. The largest absolute Gasteiger partial charge is 0.506 e. The first-order valence-electron chi connectivity index (χ1n) is 8.12. The van der Waals surface area contributed by atoms with Gasteiger partial charge in [0.25, 0.3) is 0 Å². The number of carboxylic acid groups (broad SMARTS) is 1. The van der Waals surface area contributed by atoms with Crippen molar-refractivity contribution >= 4 is 29.3 Å². The Morgan fingerprint density at radius 3 is 2.24 bits per heavy atom. The highest BCUT2D eigenvalue weighted by Gasteiger charge is 2.24. The molecule has 0 spiro atoms. The van der Waals surface area contributed by atoms with Crippen molar-refractivity contribution in [3.8, 4) is 0 Å². The molecule has 0 atom stereocenters. The fourth-order valence-electron chi connectivity index (χ4n) is 2.92. The summed E-state index contributed by atoms with van der Waals surface area (Å²) >= 11 is 0. The molecule has 0 saturated heterocycles. The summed E-state index contributed by atoms with van der Waals surface area (Å²) in [6.45, 7) is 2.89. The number of aryl methyl sites for hydroxylation is 2. The van der Waals surface area contributed by atoms with Crippen molar-refractivity contribution in [1.82, 2.24) is 0 Å². The lowest BCUT2D eigenvalue weighted by Gasteiger charge is -2.20. The number of carbonyl (C=O) groups is 3. The van der Waals surface area contributed by atoms with Gasteiger partial charge in [0.1, 0.15) is 11.3 Å². The number of benzene rings is 1. The standard InChI is InChI=1S/C18H21NO6/c1-3-25-18(24)19-14-9-12-7-5-4-6-11(12)8-13(14)16(21)15(10(2)20)17(22)23/h8-9,21H,3-7H2,1-2H3,(H,19,24)(H,22,23). The van der Waals surface area contributed by atoms with E-state index in [0.29, 0.717) is 0 Å². The van der Waals surface area contributed by atoms with Gasteiger partial charge in [-0.1, -0.05) is 0 Å². The van der Waals surface area contributed by atoms with Crippen LogP contribution in [-0.4, -0.2) is 34.7 Å². The Bertz CT molecular complexity index is 734. The van der Waals surface area contributed by atoms with Gasteiger partial charge in [-0.25, -0.2) is 9.59 Å². The maximum absolute atomic E-state index is 11.8. The third-order valence-electron chi connectivity index (χ3n) is 4.05. The second-order valence-corrected chi connectivity index (χ2v) is 5.80. The second-order valence-electron chi connectivity index (χ2n) is 5.80. The van der Waals surface area contributed by atoms with Crippen LogP contribution in [0.2, 0.25) is 0 Å². The number of aliphatic hydroxyl groups excluding tert-OH is 1. The van der Waals surface area contributed by atoms with Gasteiger partial charge in [0.05, 0.1) is 12.3 Å². The molecular formula is C18H21NO6. The SMILES string of the molecule is CCOC(=O)Nc1cc2c(cc1C(O)=C(C(C)=O)C(=O)O)CCCC2. The summed E-state index contributed by atoms with van der Waals surface area (Å²) in [5, 5.41) is 22.2. The Morgan fingerprint density at radius 2 is 1.72 bits per heavy atom. The van der Waals surface area contributed by atoms with E-state index >= 15 is 0 Å². The van der Waals surface area contributed by atoms with Crippen LogP contribution in [0.4, 0.5) is 10.5 Å². The molecule has 2 rings (SSSR count). The molecule has 1 amide bonds. The van der Waals surface area contributed by atoms with E-state index in [1.807, 2.05) is 0 Å². The molecule has 0 aliphatic heterocycles. The fourth-order valence-corrected chi connectivity index (χ4v) is 2.92. The lowest BCUT2D eigenvalue weighted by atomic mass is 9.88. The van der Waals surface area contributed by atoms with Gasteiger partial charge in [-0.05, 0) is 62.8 Å². The normalized spacial score (nSPS) is 14.2. The Labute approximate surface area is 145 Å². The topological polar surface area (TPSA) is 113 Å². The van der Waals surface area contributed by atoms with Crippen LogP contribution in [0.3, 0.4) is 0 Å². The Kier molecular flexibility index (Phi) is 5.80. The molecule has 1 aromatic carbocycles. The molecule has 0 bridgehead atoms. The third kappa shape index (κ3) is 4.17. The maximum Gasteiger partial charge on any atom is 0.411 e. The molecule has 1 aliphatic carbocycles. The number of ether oxygens (including phenoxy) is 1. The Hall–Kier alpha value is -2.83. The van der Waals surface area contributed by atoms with Crippen LogP contribution >= 0.6 is 0 Å². The number of hydrogen-bond donors (Lipinski definition) is 3. The van der Waals surface area contributed by atoms with E-state index in [0.717, 1.165) is 43.7 Å². The van der Waals surface area contributed by atoms with E-state index in [4.69, 9.17) is 4.74 Å². The summed E-state index contributed by atoms with van der Waals surface area (Å²) in [4.78, 5) is 34.7. The minimum Gasteiger partial charge on any atom is -0.506 e. The van der Waals surface area contributed by atoms with Gasteiger partial charge in [-0.15, -0.1) is 0 Å². The predicted octanol–water partition coefficient (Wildman–Crippen LogP) is 3.08. The van der Waals surface area contributed by atoms with Gasteiger partial charge in [0, 0.05) is 5.56 Å². The number of Topliss-reactive ketones (excluding diaryl/α,β-unsaturated/α-hetero) is 1. The zero-order valence-electron chi connectivity index (χ0n) is 14.2. The quantitative estimate of drug-likeness (QED) is 0.326. The molecule has 7 heteroatoms. The molecule has 0 radical (unpaired) electrons. The van der Waals surface area contributed by atoms with E-state index in [1.165, 1.54) is 0 Å². The molecular weight excluding hydrogens is 326 g/mol. The van der Waals surface area contributed by atoms with Crippen molar-refractivity contribution in [2.45, 2.75) is 39.5 Å². The zero-order chi connectivity index (χ0) is 18.6. The number of hydrogen-bond acceptors (Lipinski definition) is 5. The van der Waals surface area contributed by atoms with Crippen LogP contribution in [0.25, 0.3) is 5.76 Å². The van der Waals surface area contributed by atoms with Crippen LogP contribution in [0.5, 0.6) is 0 Å². The molecule has 0 unspecified atom stereocenters. The molecule has 0 heterocycles. The number of ketones is 1. The van der Waals surface area contributed by atoms with E-state index in [-0.39, 0.29) is 17.9 Å². The molecule has 0 saturated carbocycles. The summed E-state index contributed by atoms with van der Waals surface area (Å²) in [6, 6.07) is 3.34. The van der Waals surface area contributed by atoms with Crippen molar-refractivity contribution in [3.63, 3.8) is 0 Å². The number of carboxylic acids is 1. The highest BCUT2D eigenvalue weighted by atomic mass is 16.5. The van der Waals surface area contributed by atoms with E-state index in [2.05, 4.69) is 5.32 Å². The highest BCUT2D eigenvalue weighted by Crippen LogP contribution is 2.32. The predicted molar refractivity (Wildman–Crippen MR) is 91.6 cm³/mol. The number of aliphatic carboxylic acids is 1. The van der Waals surface area contributed by atoms with Crippen LogP contribution in [0.1, 0.15) is 43.4 Å². The number of nitrogens with one attached hydrogen (secondary N) is 1. The van der Waals surface area contributed by atoms with Gasteiger partial charge in [-0.3, -0.25) is 10.1 Å². The van der Waals surface area contributed by atoms with Gasteiger partial charge in [0.2, 0.25) is 0 Å². The van der Waals surface area contributed by atoms with E-state index in [9.17, 15) is 24.6 Å². The third-order valence-corrected chi connectivity index (χ3v) is 4.05. The van der Waals surface area contributed by atoms with Crippen molar-refractivity contribution < 1.29 is 29.3 Å². The van der Waals surface area contributed by atoms with Gasteiger partial charge in [0.15, 0.2) is 5.78 Å². The van der Waals surface area contributed by atoms with Gasteiger partial charge in [-0.2, -0.15) is 0 Å². The molecule has 0 fully saturated rings. The molecule has 1 aromatic rings. The van der Waals surface area contributed by atoms with Crippen LogP contribution in [0, 0.1) is 0 Å². The number of rotatable bonds is 5. The Morgan fingerprint density at radius 1 is 1.12 bits per heavy atom. The number of aliphatic hydroxyl groups is 1. The Balaban J connectivity index is 2.60. The monoisotopic (exact) mass is 347 g/mol. The first-order valence-corrected chi connectivity index (χ1v) is 8.12. The number of carbonyl (C=O) groups excluding carboxylic acids is 2. The molecule has 134 valence electrons. The molecule has 3 N–H and O–H groups in total. The number of fused-ring (bicyclic) bond motifs is 1. The average Bonchev–Trinajstić information content (AvgIpc) is 2.53. The van der Waals surface area contributed by atoms with Crippen molar-refractivity contribution in [3.05, 3.63) is 34.4 Å². The van der Waals surface area contributed by atoms with Crippen LogP contribution in [0.15, 0.2) is 17.7 Å². The fraction of sp³-hybridized carbons (Fsp3) is 0.389. The minimum atomic E-state index is -1.52. The summed E-state index contributed by atoms with van der Waals surface area (Å²) in [7, 11) is 0. The molecule has 25 heavy (non-hydrogen) atoms. The summed E-state index contributed by atoms with van der Waals surface area (Å²) < 4.78 is 4.85. The molecule has 1 aliphatic rings. The van der Waals surface area contributed by atoms with Crippen molar-refractivity contribution in [1.29, 1.82) is 0 Å². The lowest BCUT2D eigenvalue weighted by Crippen LogP contribution is -2.17. The second kappa shape index (κ2) is 7.83. The number of anilines is 1. The van der Waals surface area contributed by atoms with Gasteiger partial charge < -0.3 is 14.9 Å². The summed E-state index contributed by atoms with van der Waals surface area (Å²) in [5.74, 6) is -2.96. The minimum absolute atomic E-state index is 0.0984. The molecule has 7 nitrogen and oxygen atoms in total. The summed E-state index contributed by atoms with van der Waals surface area (Å²) in [6.07, 6.45) is 2.90. The average molecular weight is 347 g/mol. The first kappa shape index (κ1) is 18.5. The maximum atomic E-state index is 11.8. The highest BCUT2D eigenvalue weighted by molar-refractivity contribution is 6.20. The van der Waals surface area contributed by atoms with Crippen molar-refractivity contribution in [2.24, 2.45) is 0 Å². The lowest BCUT2D eigenvalue weighted by molar-refractivity contribution is -0.134.